The van der Waals surface area contributed by atoms with Gasteiger partial charge in [-0.3, -0.25) is 4.79 Å². The molecule has 0 radical (unpaired) electrons. The summed E-state index contributed by atoms with van der Waals surface area (Å²) in [6.07, 6.45) is 0. The summed E-state index contributed by atoms with van der Waals surface area (Å²) in [4.78, 5) is 25.2. The van der Waals surface area contributed by atoms with Crippen LogP contribution in [-0.4, -0.2) is 19.0 Å². The number of esters is 1. The summed E-state index contributed by atoms with van der Waals surface area (Å²) in [7, 11) is 1.35. The molecule has 1 N–H and O–H groups in total. The Morgan fingerprint density at radius 1 is 1.18 bits per heavy atom. The van der Waals surface area contributed by atoms with E-state index in [2.05, 4.69) is 5.32 Å². The number of aryl methyl sites for hydroxylation is 1. The second-order valence-electron chi connectivity index (χ2n) is 5.24. The molecule has 0 aliphatic carbocycles. The van der Waals surface area contributed by atoms with Crippen molar-refractivity contribution in [2.24, 2.45) is 5.92 Å². The molecule has 0 saturated heterocycles. The van der Waals surface area contributed by atoms with Crippen molar-refractivity contribution in [3.05, 3.63) is 40.8 Å². The SMILES string of the molecule is COC(=O)c1c(NC(=O)C(C)C)sc(C)c1-c1ccccc1. The van der Waals surface area contributed by atoms with Gasteiger partial charge in [-0.05, 0) is 12.5 Å². The van der Waals surface area contributed by atoms with E-state index in [4.69, 9.17) is 4.74 Å². The summed E-state index contributed by atoms with van der Waals surface area (Å²) in [6.45, 7) is 5.56. The zero-order chi connectivity index (χ0) is 16.3. The zero-order valence-electron chi connectivity index (χ0n) is 13.1. The van der Waals surface area contributed by atoms with Gasteiger partial charge in [0.1, 0.15) is 10.6 Å². The molecule has 0 aliphatic rings. The standard InChI is InChI=1S/C17H19NO3S/c1-10(2)15(19)18-16-14(17(20)21-4)13(11(3)22-16)12-8-6-5-7-9-12/h5-10H,1-4H3,(H,18,19). The topological polar surface area (TPSA) is 55.4 Å². The molecule has 0 spiro atoms. The predicted octanol–water partition coefficient (Wildman–Crippen LogP) is 4.10. The smallest absolute Gasteiger partial charge is 0.341 e. The molecule has 0 saturated carbocycles. The van der Waals surface area contributed by atoms with E-state index in [-0.39, 0.29) is 11.8 Å². The lowest BCUT2D eigenvalue weighted by atomic mass is 10.0. The molecule has 4 nitrogen and oxygen atoms in total. The number of hydrogen-bond donors (Lipinski definition) is 1. The third kappa shape index (κ3) is 3.20. The Morgan fingerprint density at radius 2 is 1.82 bits per heavy atom. The summed E-state index contributed by atoms with van der Waals surface area (Å²) in [5.74, 6) is -0.721. The van der Waals surface area contributed by atoms with E-state index in [1.165, 1.54) is 18.4 Å². The largest absolute Gasteiger partial charge is 0.465 e. The summed E-state index contributed by atoms with van der Waals surface area (Å²) >= 11 is 1.39. The average Bonchev–Trinajstić information content (AvgIpc) is 2.83. The second kappa shape index (κ2) is 6.75. The molecule has 1 aromatic carbocycles. The fourth-order valence-electron chi connectivity index (χ4n) is 2.14. The number of rotatable bonds is 4. The van der Waals surface area contributed by atoms with E-state index in [9.17, 15) is 9.59 Å². The molecule has 1 amide bonds. The molecule has 0 fully saturated rings. The van der Waals surface area contributed by atoms with Gasteiger partial charge >= 0.3 is 5.97 Å². The van der Waals surface area contributed by atoms with Gasteiger partial charge in [0, 0.05) is 16.4 Å². The number of anilines is 1. The van der Waals surface area contributed by atoms with Gasteiger partial charge in [-0.25, -0.2) is 4.79 Å². The Kier molecular flexibility index (Phi) is 4.98. The molecule has 116 valence electrons. The molecule has 1 aromatic heterocycles. The molecule has 0 aliphatic heterocycles. The van der Waals surface area contributed by atoms with Gasteiger partial charge in [0.2, 0.25) is 5.91 Å². The van der Waals surface area contributed by atoms with E-state index in [1.54, 1.807) is 0 Å². The van der Waals surface area contributed by atoms with Crippen LogP contribution in [-0.2, 0) is 9.53 Å². The van der Waals surface area contributed by atoms with Crippen LogP contribution in [0.1, 0.15) is 29.1 Å². The maximum Gasteiger partial charge on any atom is 0.341 e. The van der Waals surface area contributed by atoms with E-state index < -0.39 is 5.97 Å². The Labute approximate surface area is 134 Å². The van der Waals surface area contributed by atoms with Gasteiger partial charge in [0.25, 0.3) is 0 Å². The van der Waals surface area contributed by atoms with Gasteiger partial charge in [-0.15, -0.1) is 11.3 Å². The first kappa shape index (κ1) is 16.2. The van der Waals surface area contributed by atoms with E-state index in [0.29, 0.717) is 10.6 Å². The van der Waals surface area contributed by atoms with Crippen molar-refractivity contribution in [3.8, 4) is 11.1 Å². The van der Waals surface area contributed by atoms with Crippen molar-refractivity contribution in [1.82, 2.24) is 0 Å². The van der Waals surface area contributed by atoms with Crippen molar-refractivity contribution >= 4 is 28.2 Å². The van der Waals surface area contributed by atoms with Crippen LogP contribution < -0.4 is 5.32 Å². The Hall–Kier alpha value is -2.14. The van der Waals surface area contributed by atoms with Gasteiger partial charge in [-0.1, -0.05) is 44.2 Å². The lowest BCUT2D eigenvalue weighted by Gasteiger charge is -2.09. The van der Waals surface area contributed by atoms with Gasteiger partial charge in [0.05, 0.1) is 7.11 Å². The first-order valence-electron chi connectivity index (χ1n) is 7.03. The lowest BCUT2D eigenvalue weighted by molar-refractivity contribution is -0.118. The number of ether oxygens (including phenoxy) is 1. The van der Waals surface area contributed by atoms with Crippen molar-refractivity contribution in [2.75, 3.05) is 12.4 Å². The van der Waals surface area contributed by atoms with Crippen LogP contribution in [0.5, 0.6) is 0 Å². The summed E-state index contributed by atoms with van der Waals surface area (Å²) < 4.78 is 4.91. The van der Waals surface area contributed by atoms with Crippen LogP contribution in [0.25, 0.3) is 11.1 Å². The second-order valence-corrected chi connectivity index (χ2v) is 6.46. The minimum Gasteiger partial charge on any atom is -0.465 e. The maximum atomic E-state index is 12.2. The van der Waals surface area contributed by atoms with Crippen LogP contribution in [0.15, 0.2) is 30.3 Å². The number of carbonyl (C=O) groups is 2. The molecule has 0 atom stereocenters. The number of amides is 1. The zero-order valence-corrected chi connectivity index (χ0v) is 13.9. The molecular formula is C17H19NO3S. The number of benzene rings is 1. The highest BCUT2D eigenvalue weighted by molar-refractivity contribution is 7.17. The highest BCUT2D eigenvalue weighted by Gasteiger charge is 2.25. The van der Waals surface area contributed by atoms with Crippen molar-refractivity contribution in [1.29, 1.82) is 0 Å². The van der Waals surface area contributed by atoms with Crippen molar-refractivity contribution in [2.45, 2.75) is 20.8 Å². The molecule has 0 bridgehead atoms. The number of thiophene rings is 1. The van der Waals surface area contributed by atoms with Crippen molar-refractivity contribution in [3.63, 3.8) is 0 Å². The predicted molar refractivity (Wildman–Crippen MR) is 89.3 cm³/mol. The molecule has 22 heavy (non-hydrogen) atoms. The van der Waals surface area contributed by atoms with Crippen molar-refractivity contribution < 1.29 is 14.3 Å². The lowest BCUT2D eigenvalue weighted by Crippen LogP contribution is -2.18. The summed E-state index contributed by atoms with van der Waals surface area (Å²) in [5.41, 5.74) is 2.17. The van der Waals surface area contributed by atoms with Gasteiger partial charge in [-0.2, -0.15) is 0 Å². The van der Waals surface area contributed by atoms with E-state index in [1.807, 2.05) is 51.1 Å². The molecule has 2 aromatic rings. The molecule has 5 heteroatoms. The highest BCUT2D eigenvalue weighted by atomic mass is 32.1. The van der Waals surface area contributed by atoms with Crippen LogP contribution in [0.4, 0.5) is 5.00 Å². The number of hydrogen-bond acceptors (Lipinski definition) is 4. The minimum atomic E-state index is -0.442. The Bertz CT molecular complexity index is 689. The third-order valence-corrected chi connectivity index (χ3v) is 4.32. The molecule has 0 unspecified atom stereocenters. The molecular weight excluding hydrogens is 298 g/mol. The average molecular weight is 317 g/mol. The summed E-state index contributed by atoms with van der Waals surface area (Å²) in [6, 6.07) is 9.63. The molecule has 2 rings (SSSR count). The van der Waals surface area contributed by atoms with Gasteiger partial charge < -0.3 is 10.1 Å². The number of methoxy groups -OCH3 is 1. The Morgan fingerprint density at radius 3 is 2.36 bits per heavy atom. The van der Waals surface area contributed by atoms with Gasteiger partial charge in [0.15, 0.2) is 0 Å². The first-order valence-corrected chi connectivity index (χ1v) is 7.85. The summed E-state index contributed by atoms with van der Waals surface area (Å²) in [5, 5.41) is 3.38. The van der Waals surface area contributed by atoms with Crippen LogP contribution in [0.2, 0.25) is 0 Å². The third-order valence-electron chi connectivity index (χ3n) is 3.30. The highest BCUT2D eigenvalue weighted by Crippen LogP contribution is 2.40. The fraction of sp³-hybridized carbons (Fsp3) is 0.294. The van der Waals surface area contributed by atoms with Crippen LogP contribution >= 0.6 is 11.3 Å². The fourth-order valence-corrected chi connectivity index (χ4v) is 3.21. The van der Waals surface area contributed by atoms with E-state index >= 15 is 0 Å². The maximum absolute atomic E-state index is 12.2. The minimum absolute atomic E-state index is 0.119. The Balaban J connectivity index is 2.57. The van der Waals surface area contributed by atoms with E-state index in [0.717, 1.165) is 16.0 Å². The van der Waals surface area contributed by atoms with Crippen LogP contribution in [0.3, 0.4) is 0 Å². The quantitative estimate of drug-likeness (QED) is 0.864. The number of carbonyl (C=O) groups excluding carboxylic acids is 2. The van der Waals surface area contributed by atoms with Crippen LogP contribution in [0, 0.1) is 12.8 Å². The monoisotopic (exact) mass is 317 g/mol. The first-order chi connectivity index (χ1) is 10.5. The normalized spacial score (nSPS) is 10.6. The molecule has 1 heterocycles. The number of nitrogens with one attached hydrogen (secondary N) is 1.